The van der Waals surface area contributed by atoms with Crippen molar-refractivity contribution in [1.29, 1.82) is 0 Å². The third-order valence-corrected chi connectivity index (χ3v) is 3.23. The molecule has 1 atom stereocenters. The maximum Gasteiger partial charge on any atom is -0.000828 e. The van der Waals surface area contributed by atoms with E-state index in [2.05, 4.69) is 33.8 Å². The first-order valence-electron chi connectivity index (χ1n) is 4.92. The third kappa shape index (κ3) is 0.972. The first-order chi connectivity index (χ1) is 5.50. The molecule has 0 amide bonds. The van der Waals surface area contributed by atoms with Gasteiger partial charge in [-0.15, -0.1) is 0 Å². The lowest BCUT2D eigenvalue weighted by atomic mass is 9.80. The largest absolute Gasteiger partial charge is 0.0733 e. The molecule has 1 saturated carbocycles. The Bertz CT molecular complexity index is 271. The zero-order valence-corrected chi connectivity index (χ0v) is 8.57. The van der Waals surface area contributed by atoms with E-state index < -0.39 is 0 Å². The topological polar surface area (TPSA) is 0 Å². The van der Waals surface area contributed by atoms with Gasteiger partial charge in [-0.05, 0) is 42.2 Å². The monoisotopic (exact) mass is 162 g/mol. The number of rotatable bonds is 0. The van der Waals surface area contributed by atoms with Gasteiger partial charge < -0.3 is 0 Å². The van der Waals surface area contributed by atoms with Crippen LogP contribution in [0.15, 0.2) is 22.8 Å². The van der Waals surface area contributed by atoms with Gasteiger partial charge in [0.05, 0.1) is 0 Å². The Labute approximate surface area is 75.4 Å². The van der Waals surface area contributed by atoms with E-state index in [-0.39, 0.29) is 0 Å². The molecule has 0 N–H and O–H groups in total. The van der Waals surface area contributed by atoms with Crippen LogP contribution in [0.4, 0.5) is 0 Å². The minimum Gasteiger partial charge on any atom is -0.0733 e. The van der Waals surface area contributed by atoms with Gasteiger partial charge in [0, 0.05) is 0 Å². The SMILES string of the molecule is CC1=C2CCC2C=C1C(C)(C)C. The summed E-state index contributed by atoms with van der Waals surface area (Å²) < 4.78 is 0. The third-order valence-electron chi connectivity index (χ3n) is 3.23. The predicted molar refractivity (Wildman–Crippen MR) is 53.0 cm³/mol. The minimum absolute atomic E-state index is 0.356. The summed E-state index contributed by atoms with van der Waals surface area (Å²) in [6.45, 7) is 9.24. The van der Waals surface area contributed by atoms with Crippen molar-refractivity contribution in [3.8, 4) is 0 Å². The van der Waals surface area contributed by atoms with E-state index in [9.17, 15) is 0 Å². The normalized spacial score (nSPS) is 28.3. The van der Waals surface area contributed by atoms with E-state index in [0.717, 1.165) is 5.92 Å². The van der Waals surface area contributed by atoms with Gasteiger partial charge in [-0.1, -0.05) is 32.4 Å². The van der Waals surface area contributed by atoms with Crippen molar-refractivity contribution in [2.45, 2.75) is 40.5 Å². The Morgan fingerprint density at radius 2 is 2.00 bits per heavy atom. The van der Waals surface area contributed by atoms with E-state index in [4.69, 9.17) is 0 Å². The molecule has 1 fully saturated rings. The standard InChI is InChI=1S/C12H18/c1-8-10-6-5-9(10)7-11(8)12(2,3)4/h7,9H,5-6H2,1-4H3. The summed E-state index contributed by atoms with van der Waals surface area (Å²) in [4.78, 5) is 0. The molecule has 0 saturated heterocycles. The fraction of sp³-hybridized carbons (Fsp3) is 0.667. The molecule has 12 heavy (non-hydrogen) atoms. The fourth-order valence-corrected chi connectivity index (χ4v) is 2.42. The second-order valence-corrected chi connectivity index (χ2v) is 5.13. The van der Waals surface area contributed by atoms with Crippen LogP contribution in [-0.2, 0) is 0 Å². The van der Waals surface area contributed by atoms with Crippen LogP contribution in [0.25, 0.3) is 0 Å². The van der Waals surface area contributed by atoms with Crippen molar-refractivity contribution < 1.29 is 0 Å². The van der Waals surface area contributed by atoms with Crippen LogP contribution in [0.1, 0.15) is 40.5 Å². The molecule has 0 spiro atoms. The van der Waals surface area contributed by atoms with Crippen LogP contribution in [0.3, 0.4) is 0 Å². The average molecular weight is 162 g/mol. The minimum atomic E-state index is 0.356. The molecule has 66 valence electrons. The first-order valence-corrected chi connectivity index (χ1v) is 4.92. The van der Waals surface area contributed by atoms with Crippen molar-refractivity contribution in [2.24, 2.45) is 11.3 Å². The molecule has 0 bridgehead atoms. The van der Waals surface area contributed by atoms with Gasteiger partial charge in [0.15, 0.2) is 0 Å². The number of hydrogen-bond acceptors (Lipinski definition) is 0. The molecule has 0 aliphatic heterocycles. The summed E-state index contributed by atoms with van der Waals surface area (Å²) in [6, 6.07) is 0. The summed E-state index contributed by atoms with van der Waals surface area (Å²) in [6.07, 6.45) is 5.24. The average Bonchev–Trinajstić information content (AvgIpc) is 2.00. The van der Waals surface area contributed by atoms with E-state index in [1.54, 1.807) is 16.7 Å². The van der Waals surface area contributed by atoms with Crippen molar-refractivity contribution in [2.75, 3.05) is 0 Å². The highest BCUT2D eigenvalue weighted by atomic mass is 14.4. The van der Waals surface area contributed by atoms with Crippen molar-refractivity contribution in [3.05, 3.63) is 22.8 Å². The Hall–Kier alpha value is -0.520. The Morgan fingerprint density at radius 3 is 2.25 bits per heavy atom. The van der Waals surface area contributed by atoms with E-state index in [1.807, 2.05) is 0 Å². The fourth-order valence-electron chi connectivity index (χ4n) is 2.42. The molecule has 0 radical (unpaired) electrons. The van der Waals surface area contributed by atoms with Gasteiger partial charge in [0.2, 0.25) is 0 Å². The number of fused-ring (bicyclic) bond motifs is 1. The molecule has 0 nitrogen and oxygen atoms in total. The lowest BCUT2D eigenvalue weighted by Crippen LogP contribution is -2.10. The molecule has 0 heteroatoms. The van der Waals surface area contributed by atoms with Crippen LogP contribution in [0.2, 0.25) is 0 Å². The quantitative estimate of drug-likeness (QED) is 0.509. The highest BCUT2D eigenvalue weighted by molar-refractivity contribution is 5.49. The second kappa shape index (κ2) is 2.25. The zero-order chi connectivity index (χ0) is 8.93. The highest BCUT2D eigenvalue weighted by Crippen LogP contribution is 2.49. The van der Waals surface area contributed by atoms with Crippen molar-refractivity contribution in [1.82, 2.24) is 0 Å². The molecular weight excluding hydrogens is 144 g/mol. The van der Waals surface area contributed by atoms with Crippen LogP contribution in [0.5, 0.6) is 0 Å². The van der Waals surface area contributed by atoms with E-state index >= 15 is 0 Å². The summed E-state index contributed by atoms with van der Waals surface area (Å²) in [5, 5.41) is 0. The van der Waals surface area contributed by atoms with Crippen LogP contribution in [-0.4, -0.2) is 0 Å². The van der Waals surface area contributed by atoms with Gasteiger partial charge in [-0.2, -0.15) is 0 Å². The predicted octanol–water partition coefficient (Wildman–Crippen LogP) is 3.70. The van der Waals surface area contributed by atoms with E-state index in [1.165, 1.54) is 12.8 Å². The number of hydrogen-bond donors (Lipinski definition) is 0. The summed E-state index contributed by atoms with van der Waals surface area (Å²) >= 11 is 0. The molecule has 2 rings (SSSR count). The molecule has 1 unspecified atom stereocenters. The molecule has 0 heterocycles. The molecule has 2 aliphatic rings. The smallest absolute Gasteiger partial charge is 0.000828 e. The lowest BCUT2D eigenvalue weighted by molar-refractivity contribution is 0.508. The summed E-state index contributed by atoms with van der Waals surface area (Å²) in [5.41, 5.74) is 5.27. The first kappa shape index (κ1) is 8.10. The maximum atomic E-state index is 2.49. The van der Waals surface area contributed by atoms with E-state index in [0.29, 0.717) is 5.41 Å². The summed E-state index contributed by atoms with van der Waals surface area (Å²) in [7, 11) is 0. The number of allylic oxidation sites excluding steroid dienone is 4. The molecule has 0 aromatic heterocycles. The van der Waals surface area contributed by atoms with Crippen molar-refractivity contribution >= 4 is 0 Å². The molecule has 0 aromatic rings. The Kier molecular flexibility index (Phi) is 1.51. The Morgan fingerprint density at radius 1 is 1.33 bits per heavy atom. The molecule has 2 aliphatic carbocycles. The lowest BCUT2D eigenvalue weighted by Gasteiger charge is -2.24. The van der Waals surface area contributed by atoms with Crippen LogP contribution in [0, 0.1) is 11.3 Å². The van der Waals surface area contributed by atoms with Gasteiger partial charge >= 0.3 is 0 Å². The second-order valence-electron chi connectivity index (χ2n) is 5.13. The summed E-state index contributed by atoms with van der Waals surface area (Å²) in [5.74, 6) is 0.833. The molecule has 0 aromatic carbocycles. The van der Waals surface area contributed by atoms with Crippen LogP contribution >= 0.6 is 0 Å². The van der Waals surface area contributed by atoms with Gasteiger partial charge in [0.25, 0.3) is 0 Å². The van der Waals surface area contributed by atoms with Gasteiger partial charge in [-0.25, -0.2) is 0 Å². The van der Waals surface area contributed by atoms with Gasteiger partial charge in [0.1, 0.15) is 0 Å². The van der Waals surface area contributed by atoms with Crippen LogP contribution < -0.4 is 0 Å². The van der Waals surface area contributed by atoms with Gasteiger partial charge in [-0.3, -0.25) is 0 Å². The Balaban J connectivity index is 2.35. The van der Waals surface area contributed by atoms with Crippen molar-refractivity contribution in [3.63, 3.8) is 0 Å². The zero-order valence-electron chi connectivity index (χ0n) is 8.57. The highest BCUT2D eigenvalue weighted by Gasteiger charge is 2.34. The molecular formula is C12H18. The maximum absolute atomic E-state index is 2.49.